The molecule has 0 heterocycles. The summed E-state index contributed by atoms with van der Waals surface area (Å²) >= 11 is 0. The lowest BCUT2D eigenvalue weighted by Gasteiger charge is -2.34. The van der Waals surface area contributed by atoms with E-state index in [4.69, 9.17) is 5.73 Å². The van der Waals surface area contributed by atoms with Crippen molar-refractivity contribution in [2.45, 2.75) is 51.7 Å². The summed E-state index contributed by atoms with van der Waals surface area (Å²) in [6.45, 7) is 7.99. The van der Waals surface area contributed by atoms with E-state index in [0.717, 1.165) is 0 Å². The molecule has 0 saturated heterocycles. The maximum Gasteiger partial charge on any atom is 0.237 e. The molecule has 2 unspecified atom stereocenters. The fourth-order valence-corrected chi connectivity index (χ4v) is 1.64. The Morgan fingerprint density at radius 2 is 1.87 bits per heavy atom. The van der Waals surface area contributed by atoms with Crippen molar-refractivity contribution in [3.63, 3.8) is 0 Å². The van der Waals surface area contributed by atoms with Crippen LogP contribution < -0.4 is 11.1 Å². The summed E-state index contributed by atoms with van der Waals surface area (Å²) in [7, 11) is 4.00. The first-order valence-corrected chi connectivity index (χ1v) is 5.43. The molecule has 90 valence electrons. The van der Waals surface area contributed by atoms with Gasteiger partial charge in [-0.05, 0) is 48.2 Å². The number of hydrogen-bond donors (Lipinski definition) is 2. The second-order valence-electron chi connectivity index (χ2n) is 5.01. The van der Waals surface area contributed by atoms with Crippen molar-refractivity contribution >= 4 is 5.91 Å². The highest BCUT2D eigenvalue weighted by Crippen LogP contribution is 2.15. The van der Waals surface area contributed by atoms with Crippen molar-refractivity contribution in [1.82, 2.24) is 10.2 Å². The summed E-state index contributed by atoms with van der Waals surface area (Å²) in [5, 5.41) is 3.24. The van der Waals surface area contributed by atoms with Crippen LogP contribution in [0.15, 0.2) is 0 Å². The van der Waals surface area contributed by atoms with Crippen molar-refractivity contribution in [3.05, 3.63) is 0 Å². The van der Waals surface area contributed by atoms with Crippen LogP contribution >= 0.6 is 0 Å². The Bertz CT molecular complexity index is 216. The van der Waals surface area contributed by atoms with Gasteiger partial charge in [0.25, 0.3) is 0 Å². The maximum atomic E-state index is 11.5. The molecule has 0 bridgehead atoms. The fourth-order valence-electron chi connectivity index (χ4n) is 1.64. The van der Waals surface area contributed by atoms with Gasteiger partial charge in [0.05, 0.1) is 5.54 Å². The van der Waals surface area contributed by atoms with Gasteiger partial charge in [-0.1, -0.05) is 0 Å². The van der Waals surface area contributed by atoms with E-state index < -0.39 is 5.54 Å². The van der Waals surface area contributed by atoms with Crippen LogP contribution in [0.3, 0.4) is 0 Å². The number of primary amides is 1. The number of carbonyl (C=O) groups excluding carboxylic acids is 1. The van der Waals surface area contributed by atoms with Gasteiger partial charge in [0.2, 0.25) is 5.91 Å². The van der Waals surface area contributed by atoms with Gasteiger partial charge in [-0.2, -0.15) is 0 Å². The van der Waals surface area contributed by atoms with Gasteiger partial charge >= 0.3 is 0 Å². The zero-order chi connectivity index (χ0) is 12.2. The predicted octanol–water partition coefficient (Wildman–Crippen LogP) is 0.569. The monoisotopic (exact) mass is 215 g/mol. The van der Waals surface area contributed by atoms with E-state index in [1.807, 2.05) is 34.9 Å². The second kappa shape index (κ2) is 5.47. The van der Waals surface area contributed by atoms with Gasteiger partial charge in [-0.15, -0.1) is 0 Å². The third kappa shape index (κ3) is 4.62. The maximum absolute atomic E-state index is 11.5. The standard InChI is InChI=1S/C11H25N3O/c1-8(2)13-11(4,10(12)15)7-9(3)14(5)6/h8-9,13H,7H2,1-6H3,(H2,12,15). The van der Waals surface area contributed by atoms with Crippen LogP contribution in [0.5, 0.6) is 0 Å². The van der Waals surface area contributed by atoms with E-state index in [1.165, 1.54) is 0 Å². The molecule has 0 spiro atoms. The summed E-state index contributed by atoms with van der Waals surface area (Å²) in [6.07, 6.45) is 0.716. The third-order valence-electron chi connectivity index (χ3n) is 2.74. The zero-order valence-electron chi connectivity index (χ0n) is 10.8. The summed E-state index contributed by atoms with van der Waals surface area (Å²) in [6, 6.07) is 0.561. The average Bonchev–Trinajstić information content (AvgIpc) is 2.01. The molecule has 0 aromatic heterocycles. The van der Waals surface area contributed by atoms with Crippen LogP contribution in [0, 0.1) is 0 Å². The van der Waals surface area contributed by atoms with E-state index in [9.17, 15) is 4.79 Å². The molecule has 0 saturated carbocycles. The first-order chi connectivity index (χ1) is 6.69. The van der Waals surface area contributed by atoms with Crippen molar-refractivity contribution in [3.8, 4) is 0 Å². The molecule has 0 radical (unpaired) electrons. The van der Waals surface area contributed by atoms with Gasteiger partial charge in [0.15, 0.2) is 0 Å². The predicted molar refractivity (Wildman–Crippen MR) is 63.6 cm³/mol. The van der Waals surface area contributed by atoms with Crippen LogP contribution in [0.2, 0.25) is 0 Å². The van der Waals surface area contributed by atoms with Crippen molar-refractivity contribution in [2.24, 2.45) is 5.73 Å². The topological polar surface area (TPSA) is 58.4 Å². The molecule has 0 aliphatic heterocycles. The molecular formula is C11H25N3O. The number of nitrogens with zero attached hydrogens (tertiary/aromatic N) is 1. The van der Waals surface area contributed by atoms with E-state index in [0.29, 0.717) is 12.5 Å². The molecule has 0 aromatic carbocycles. The lowest BCUT2D eigenvalue weighted by atomic mass is 9.91. The van der Waals surface area contributed by atoms with Crippen LogP contribution in [0.4, 0.5) is 0 Å². The van der Waals surface area contributed by atoms with E-state index >= 15 is 0 Å². The lowest BCUT2D eigenvalue weighted by Crippen LogP contribution is -2.57. The molecule has 2 atom stereocenters. The SMILES string of the molecule is CC(C)NC(C)(CC(C)N(C)C)C(N)=O. The molecule has 0 aliphatic carbocycles. The minimum atomic E-state index is -0.627. The summed E-state index contributed by atoms with van der Waals surface area (Å²) < 4.78 is 0. The molecular weight excluding hydrogens is 190 g/mol. The number of carbonyl (C=O) groups is 1. The number of amides is 1. The molecule has 0 aromatic rings. The van der Waals surface area contributed by atoms with Crippen molar-refractivity contribution in [1.29, 1.82) is 0 Å². The Balaban J connectivity index is 4.58. The highest BCUT2D eigenvalue weighted by molar-refractivity contribution is 5.84. The minimum Gasteiger partial charge on any atom is -0.368 e. The molecule has 1 amide bonds. The number of rotatable bonds is 6. The molecule has 4 nitrogen and oxygen atoms in total. The van der Waals surface area contributed by atoms with E-state index in [1.54, 1.807) is 0 Å². The first-order valence-electron chi connectivity index (χ1n) is 5.43. The quantitative estimate of drug-likeness (QED) is 0.681. The number of hydrogen-bond acceptors (Lipinski definition) is 3. The molecule has 0 aliphatic rings. The summed E-state index contributed by atoms with van der Waals surface area (Å²) in [5.41, 5.74) is 4.82. The average molecular weight is 215 g/mol. The third-order valence-corrected chi connectivity index (χ3v) is 2.74. The summed E-state index contributed by atoms with van der Waals surface area (Å²) in [5.74, 6) is -0.287. The minimum absolute atomic E-state index is 0.247. The Hall–Kier alpha value is -0.610. The molecule has 0 rings (SSSR count). The van der Waals surface area contributed by atoms with Crippen LogP contribution in [-0.4, -0.2) is 42.5 Å². The van der Waals surface area contributed by atoms with Gasteiger partial charge in [0.1, 0.15) is 0 Å². The largest absolute Gasteiger partial charge is 0.368 e. The van der Waals surface area contributed by atoms with E-state index in [-0.39, 0.29) is 11.9 Å². The lowest BCUT2D eigenvalue weighted by molar-refractivity contribution is -0.124. The highest BCUT2D eigenvalue weighted by atomic mass is 16.1. The summed E-state index contributed by atoms with van der Waals surface area (Å²) in [4.78, 5) is 13.5. The molecule has 4 heteroatoms. The second-order valence-corrected chi connectivity index (χ2v) is 5.01. The molecule has 3 N–H and O–H groups in total. The van der Waals surface area contributed by atoms with Crippen LogP contribution in [0.1, 0.15) is 34.1 Å². The molecule has 15 heavy (non-hydrogen) atoms. The first kappa shape index (κ1) is 14.4. The van der Waals surface area contributed by atoms with Crippen molar-refractivity contribution in [2.75, 3.05) is 14.1 Å². The van der Waals surface area contributed by atoms with Crippen molar-refractivity contribution < 1.29 is 4.79 Å². The smallest absolute Gasteiger partial charge is 0.237 e. The fraction of sp³-hybridized carbons (Fsp3) is 0.909. The Labute approximate surface area is 93.2 Å². The van der Waals surface area contributed by atoms with Gasteiger partial charge in [-0.3, -0.25) is 4.79 Å². The molecule has 0 fully saturated rings. The van der Waals surface area contributed by atoms with Gasteiger partial charge in [0, 0.05) is 12.1 Å². The van der Waals surface area contributed by atoms with Gasteiger partial charge in [-0.25, -0.2) is 0 Å². The van der Waals surface area contributed by atoms with Crippen LogP contribution in [-0.2, 0) is 4.79 Å². The Morgan fingerprint density at radius 1 is 1.40 bits per heavy atom. The van der Waals surface area contributed by atoms with E-state index in [2.05, 4.69) is 17.1 Å². The Kier molecular flexibility index (Phi) is 5.24. The van der Waals surface area contributed by atoms with Gasteiger partial charge < -0.3 is 16.0 Å². The zero-order valence-corrected chi connectivity index (χ0v) is 10.8. The van der Waals surface area contributed by atoms with Crippen LogP contribution in [0.25, 0.3) is 0 Å². The number of nitrogens with one attached hydrogen (secondary N) is 1. The highest BCUT2D eigenvalue weighted by Gasteiger charge is 2.33. The normalized spacial score (nSPS) is 17.9. The Morgan fingerprint density at radius 3 is 2.13 bits per heavy atom. The number of nitrogens with two attached hydrogens (primary N) is 1.